The van der Waals surface area contributed by atoms with Crippen molar-refractivity contribution in [2.75, 3.05) is 38.0 Å². The molecule has 9 nitrogen and oxygen atoms in total. The Morgan fingerprint density at radius 2 is 1.71 bits per heavy atom. The predicted octanol–water partition coefficient (Wildman–Crippen LogP) is 5.81. The van der Waals surface area contributed by atoms with Crippen molar-refractivity contribution in [1.29, 1.82) is 0 Å². The smallest absolute Gasteiger partial charge is 0.410 e. The van der Waals surface area contributed by atoms with Gasteiger partial charge in [0.15, 0.2) is 0 Å². The van der Waals surface area contributed by atoms with E-state index in [4.69, 9.17) is 4.74 Å². The highest BCUT2D eigenvalue weighted by Gasteiger charge is 2.48. The summed E-state index contributed by atoms with van der Waals surface area (Å²) in [5, 5.41) is 3.19. The van der Waals surface area contributed by atoms with Gasteiger partial charge in [0, 0.05) is 61.0 Å². The lowest BCUT2D eigenvalue weighted by atomic mass is 9.72. The lowest BCUT2D eigenvalue weighted by molar-refractivity contribution is -0.0563. The second kappa shape index (κ2) is 11.7. The standard InChI is InChI=1S/C32H39FN6O3/c1-6-25-27(22-9-11-26(34-7-2)35-17-22)28(37-20-36-25)21-8-10-23(24(33)16-21)29(40)38-14-12-32(13-15-38)18-39(19-32)30(41)42-31(3,4)5/h8-11,16-17,20H,6-7,12-15,18-19H2,1-5H3,(H,34,35). The first-order chi connectivity index (χ1) is 20.0. The van der Waals surface area contributed by atoms with Gasteiger partial charge in [-0.05, 0) is 71.2 Å². The number of amides is 2. The topological polar surface area (TPSA) is 101 Å². The maximum atomic E-state index is 15.5. The highest BCUT2D eigenvalue weighted by molar-refractivity contribution is 5.95. The molecule has 2 saturated heterocycles. The van der Waals surface area contributed by atoms with Crippen molar-refractivity contribution in [2.24, 2.45) is 5.41 Å². The van der Waals surface area contributed by atoms with Gasteiger partial charge >= 0.3 is 6.09 Å². The van der Waals surface area contributed by atoms with Crippen LogP contribution in [0.3, 0.4) is 0 Å². The van der Waals surface area contributed by atoms with Gasteiger partial charge in [-0.1, -0.05) is 13.0 Å². The fourth-order valence-corrected chi connectivity index (χ4v) is 5.77. The van der Waals surface area contributed by atoms with Gasteiger partial charge in [0.2, 0.25) is 0 Å². The predicted molar refractivity (Wildman–Crippen MR) is 160 cm³/mol. The summed E-state index contributed by atoms with van der Waals surface area (Å²) in [4.78, 5) is 42.6. The SMILES string of the molecule is CCNc1ccc(-c2c(CC)ncnc2-c2ccc(C(=O)N3CCC4(CC3)CN(C(=O)OC(C)(C)C)C4)c(F)c2)cn1. The number of carbonyl (C=O) groups is 2. The van der Waals surface area contributed by atoms with Crippen LogP contribution in [0.25, 0.3) is 22.4 Å². The average Bonchev–Trinajstić information content (AvgIpc) is 2.95. The van der Waals surface area contributed by atoms with E-state index in [0.29, 0.717) is 43.9 Å². The molecule has 2 aliphatic rings. The Morgan fingerprint density at radius 3 is 2.31 bits per heavy atom. The molecule has 4 heterocycles. The number of pyridine rings is 1. The largest absolute Gasteiger partial charge is 0.444 e. The van der Waals surface area contributed by atoms with E-state index in [0.717, 1.165) is 42.0 Å². The number of benzene rings is 1. The summed E-state index contributed by atoms with van der Waals surface area (Å²) in [6.07, 6.45) is 5.16. The molecule has 222 valence electrons. The molecular weight excluding hydrogens is 535 g/mol. The monoisotopic (exact) mass is 574 g/mol. The van der Waals surface area contributed by atoms with E-state index in [-0.39, 0.29) is 23.0 Å². The van der Waals surface area contributed by atoms with E-state index in [2.05, 4.69) is 20.3 Å². The molecule has 1 aromatic carbocycles. The van der Waals surface area contributed by atoms with Crippen molar-refractivity contribution in [2.45, 2.75) is 59.5 Å². The fraction of sp³-hybridized carbons (Fsp3) is 0.469. The Kier molecular flexibility index (Phi) is 8.17. The minimum absolute atomic E-state index is 0.00382. The fourth-order valence-electron chi connectivity index (χ4n) is 5.77. The number of aromatic nitrogens is 3. The highest BCUT2D eigenvalue weighted by Crippen LogP contribution is 2.41. The van der Waals surface area contributed by atoms with Gasteiger partial charge in [0.1, 0.15) is 23.6 Å². The summed E-state index contributed by atoms with van der Waals surface area (Å²) < 4.78 is 21.0. The molecule has 2 amide bonds. The summed E-state index contributed by atoms with van der Waals surface area (Å²) in [6.45, 7) is 12.6. The number of halogens is 1. The number of carbonyl (C=O) groups excluding carboxylic acids is 2. The highest BCUT2D eigenvalue weighted by atomic mass is 19.1. The lowest BCUT2D eigenvalue weighted by Crippen LogP contribution is -2.62. The van der Waals surface area contributed by atoms with Gasteiger partial charge in [0.05, 0.1) is 17.0 Å². The van der Waals surface area contributed by atoms with Gasteiger partial charge in [-0.15, -0.1) is 0 Å². The molecule has 3 aromatic rings. The summed E-state index contributed by atoms with van der Waals surface area (Å²) >= 11 is 0. The minimum atomic E-state index is -0.583. The molecule has 0 saturated carbocycles. The summed E-state index contributed by atoms with van der Waals surface area (Å²) in [5.74, 6) is -0.133. The zero-order valence-electron chi connectivity index (χ0n) is 25.0. The second-order valence-electron chi connectivity index (χ2n) is 12.2. The van der Waals surface area contributed by atoms with E-state index in [1.165, 1.54) is 12.4 Å². The molecule has 42 heavy (non-hydrogen) atoms. The van der Waals surface area contributed by atoms with Gasteiger partial charge in [0.25, 0.3) is 5.91 Å². The molecule has 5 rings (SSSR count). The zero-order valence-corrected chi connectivity index (χ0v) is 25.0. The second-order valence-corrected chi connectivity index (χ2v) is 12.2. The lowest BCUT2D eigenvalue weighted by Gasteiger charge is -2.53. The number of hydrogen-bond donors (Lipinski definition) is 1. The van der Waals surface area contributed by atoms with E-state index >= 15 is 4.39 Å². The Balaban J connectivity index is 1.29. The van der Waals surface area contributed by atoms with Crippen molar-refractivity contribution in [3.63, 3.8) is 0 Å². The van der Waals surface area contributed by atoms with Crippen LogP contribution in [0, 0.1) is 11.2 Å². The van der Waals surface area contributed by atoms with Crippen molar-refractivity contribution in [1.82, 2.24) is 24.8 Å². The number of piperidine rings is 1. The zero-order chi connectivity index (χ0) is 30.1. The van der Waals surface area contributed by atoms with E-state index in [9.17, 15) is 9.59 Å². The quantitative estimate of drug-likeness (QED) is 0.396. The molecule has 0 aliphatic carbocycles. The van der Waals surface area contributed by atoms with Gasteiger partial charge in [-0.25, -0.2) is 24.1 Å². The summed E-state index contributed by atoms with van der Waals surface area (Å²) in [6, 6.07) is 8.54. The van der Waals surface area contributed by atoms with Crippen LogP contribution in [0.15, 0.2) is 42.9 Å². The molecule has 10 heteroatoms. The third kappa shape index (κ3) is 6.07. The molecule has 1 N–H and O–H groups in total. The van der Waals surface area contributed by atoms with Crippen LogP contribution in [0.5, 0.6) is 0 Å². The Labute approximate surface area is 246 Å². The van der Waals surface area contributed by atoms with E-state index in [1.54, 1.807) is 28.1 Å². The maximum Gasteiger partial charge on any atom is 0.410 e. The molecule has 1 spiro atoms. The van der Waals surface area contributed by atoms with Crippen LogP contribution in [0.4, 0.5) is 15.0 Å². The third-order valence-corrected chi connectivity index (χ3v) is 7.96. The molecule has 2 aliphatic heterocycles. The van der Waals surface area contributed by atoms with Crippen LogP contribution in [-0.2, 0) is 11.2 Å². The summed E-state index contributed by atoms with van der Waals surface area (Å²) in [7, 11) is 0. The molecule has 0 atom stereocenters. The van der Waals surface area contributed by atoms with Gasteiger partial charge in [-0.3, -0.25) is 4.79 Å². The Morgan fingerprint density at radius 1 is 1.00 bits per heavy atom. The number of aryl methyl sites for hydroxylation is 1. The molecule has 0 unspecified atom stereocenters. The number of nitrogens with zero attached hydrogens (tertiary/aromatic N) is 5. The van der Waals surface area contributed by atoms with Gasteiger partial charge in [-0.2, -0.15) is 0 Å². The normalized spacial score (nSPS) is 16.2. The van der Waals surface area contributed by atoms with Crippen molar-refractivity contribution in [3.8, 4) is 22.4 Å². The number of ether oxygens (including phenoxy) is 1. The molecule has 2 fully saturated rings. The summed E-state index contributed by atoms with van der Waals surface area (Å²) in [5.41, 5.74) is 3.15. The number of rotatable bonds is 6. The van der Waals surface area contributed by atoms with Crippen molar-refractivity contribution >= 4 is 17.8 Å². The Hall–Kier alpha value is -4.08. The van der Waals surface area contributed by atoms with E-state index in [1.807, 2.05) is 46.8 Å². The van der Waals surface area contributed by atoms with Crippen molar-refractivity contribution < 1.29 is 18.7 Å². The van der Waals surface area contributed by atoms with Crippen LogP contribution < -0.4 is 5.32 Å². The number of anilines is 1. The first kappa shape index (κ1) is 29.4. The first-order valence-electron chi connectivity index (χ1n) is 14.6. The average molecular weight is 575 g/mol. The molecule has 2 aromatic heterocycles. The van der Waals surface area contributed by atoms with Crippen LogP contribution >= 0.6 is 0 Å². The van der Waals surface area contributed by atoms with Gasteiger partial charge < -0.3 is 19.9 Å². The number of hydrogen-bond acceptors (Lipinski definition) is 7. The number of nitrogens with one attached hydrogen (secondary N) is 1. The van der Waals surface area contributed by atoms with Crippen LogP contribution in [0.1, 0.15) is 63.5 Å². The molecule has 0 radical (unpaired) electrons. The maximum absolute atomic E-state index is 15.5. The Bertz CT molecular complexity index is 1450. The van der Waals surface area contributed by atoms with Crippen LogP contribution in [0.2, 0.25) is 0 Å². The minimum Gasteiger partial charge on any atom is -0.444 e. The number of likely N-dealkylation sites (tertiary alicyclic amines) is 2. The van der Waals surface area contributed by atoms with Crippen molar-refractivity contribution in [3.05, 3.63) is 59.9 Å². The third-order valence-electron chi connectivity index (χ3n) is 7.96. The molecule has 0 bridgehead atoms. The van der Waals surface area contributed by atoms with Crippen LogP contribution in [-0.4, -0.2) is 75.1 Å². The first-order valence-corrected chi connectivity index (χ1v) is 14.6. The molecular formula is C32H39FN6O3. The van der Waals surface area contributed by atoms with E-state index < -0.39 is 11.4 Å².